The molecule has 0 amide bonds. The first-order valence-corrected chi connectivity index (χ1v) is 12.6. The topological polar surface area (TPSA) is 51.8 Å². The Labute approximate surface area is 217 Å². The summed E-state index contributed by atoms with van der Waals surface area (Å²) in [6, 6.07) is 21.2. The van der Waals surface area contributed by atoms with Crippen molar-refractivity contribution in [2.75, 3.05) is 0 Å². The second kappa shape index (κ2) is 8.38. The molecule has 1 aliphatic rings. The summed E-state index contributed by atoms with van der Waals surface area (Å²) in [4.78, 5) is 14.8. The van der Waals surface area contributed by atoms with Crippen molar-refractivity contribution in [1.82, 2.24) is 15.0 Å². The van der Waals surface area contributed by atoms with E-state index < -0.39 is 0 Å². The third-order valence-corrected chi connectivity index (χ3v) is 7.65. The molecule has 1 aliphatic carbocycles. The summed E-state index contributed by atoms with van der Waals surface area (Å²) in [5.41, 5.74) is 9.77. The average Bonchev–Trinajstić information content (AvgIpc) is 3.37. The Hall–Kier alpha value is -4.31. The van der Waals surface area contributed by atoms with Crippen molar-refractivity contribution in [3.63, 3.8) is 0 Å². The third-order valence-electron chi connectivity index (χ3n) is 7.65. The van der Waals surface area contributed by atoms with E-state index in [-0.39, 0.29) is 5.41 Å². The second-order valence-electron chi connectivity index (χ2n) is 10.2. The molecule has 6 rings (SSSR count). The van der Waals surface area contributed by atoms with E-state index in [0.717, 1.165) is 39.0 Å². The molecule has 37 heavy (non-hydrogen) atoms. The van der Waals surface area contributed by atoms with Crippen LogP contribution in [-0.4, -0.2) is 15.0 Å². The number of benzene rings is 3. The molecular weight excluding hydrogens is 454 g/mol. The maximum absolute atomic E-state index is 6.02. The van der Waals surface area contributed by atoms with Crippen LogP contribution in [0.1, 0.15) is 56.0 Å². The summed E-state index contributed by atoms with van der Waals surface area (Å²) in [5.74, 6) is 2.78. The maximum Gasteiger partial charge on any atom is 0.164 e. The first-order valence-electron chi connectivity index (χ1n) is 12.6. The second-order valence-corrected chi connectivity index (χ2v) is 10.2. The summed E-state index contributed by atoms with van der Waals surface area (Å²) < 4.78 is 6.02. The highest BCUT2D eigenvalue weighted by Crippen LogP contribution is 2.49. The van der Waals surface area contributed by atoms with E-state index in [2.05, 4.69) is 62.9 Å². The molecule has 0 radical (unpaired) electrons. The molecule has 0 saturated carbocycles. The molecule has 182 valence electrons. The molecule has 0 spiro atoms. The normalized spacial score (nSPS) is 14.0. The lowest BCUT2D eigenvalue weighted by Gasteiger charge is -2.21. The predicted octanol–water partition coefficient (Wildman–Crippen LogP) is 8.63. The largest absolute Gasteiger partial charge is 0.461 e. The Morgan fingerprint density at radius 2 is 1.59 bits per heavy atom. The lowest BCUT2D eigenvalue weighted by atomic mass is 9.82. The van der Waals surface area contributed by atoms with Crippen molar-refractivity contribution in [3.8, 4) is 33.9 Å². The van der Waals surface area contributed by atoms with Crippen molar-refractivity contribution >= 4 is 22.6 Å². The maximum atomic E-state index is 6.02. The molecule has 0 atom stereocenters. The molecule has 0 fully saturated rings. The predicted molar refractivity (Wildman–Crippen MR) is 152 cm³/mol. The summed E-state index contributed by atoms with van der Waals surface area (Å²) >= 11 is 0. The highest BCUT2D eigenvalue weighted by Gasteiger charge is 2.35. The third kappa shape index (κ3) is 3.47. The van der Waals surface area contributed by atoms with Crippen LogP contribution in [0.25, 0.3) is 56.5 Å². The molecule has 0 aliphatic heterocycles. The summed E-state index contributed by atoms with van der Waals surface area (Å²) in [5, 5.41) is 0.974. The van der Waals surface area contributed by atoms with Gasteiger partial charge in [-0.2, -0.15) is 0 Å². The standard InChI is InChI=1S/C33H29N3O/c1-7-19(3)30-34-31(21-16-17-24-23-12-9-10-14-26(23)33(5,6)27(24)18-21)36-32(35-30)25-13-11-15-28-29(25)22(8-2)20(4)37-28/h7-18H,2H2,1,3-6H3/b19-7+. The van der Waals surface area contributed by atoms with E-state index >= 15 is 0 Å². The number of hydrogen-bond donors (Lipinski definition) is 0. The Morgan fingerprint density at radius 3 is 2.38 bits per heavy atom. The number of allylic oxidation sites excluding steroid dienone is 2. The molecule has 4 heteroatoms. The molecule has 3 aromatic carbocycles. The number of rotatable bonds is 4. The number of nitrogens with zero attached hydrogens (tertiary/aromatic N) is 3. The van der Waals surface area contributed by atoms with Gasteiger partial charge in [-0.15, -0.1) is 0 Å². The van der Waals surface area contributed by atoms with Crippen LogP contribution in [0.2, 0.25) is 0 Å². The van der Waals surface area contributed by atoms with Gasteiger partial charge in [0.25, 0.3) is 0 Å². The smallest absolute Gasteiger partial charge is 0.164 e. The first kappa shape index (κ1) is 23.1. The zero-order valence-electron chi connectivity index (χ0n) is 21.9. The number of aryl methyl sites for hydroxylation is 1. The van der Waals surface area contributed by atoms with Crippen LogP contribution in [0, 0.1) is 6.92 Å². The zero-order chi connectivity index (χ0) is 25.9. The van der Waals surface area contributed by atoms with Crippen LogP contribution in [0.4, 0.5) is 0 Å². The van der Waals surface area contributed by atoms with E-state index in [0.29, 0.717) is 17.5 Å². The minimum atomic E-state index is -0.0986. The summed E-state index contributed by atoms with van der Waals surface area (Å²) in [6.07, 6.45) is 3.87. The molecule has 0 unspecified atom stereocenters. The lowest BCUT2D eigenvalue weighted by Crippen LogP contribution is -2.15. The molecule has 5 aromatic rings. The van der Waals surface area contributed by atoms with Crippen molar-refractivity contribution in [2.45, 2.75) is 40.0 Å². The minimum absolute atomic E-state index is 0.0986. The van der Waals surface area contributed by atoms with Gasteiger partial charge in [0.05, 0.1) is 0 Å². The Morgan fingerprint density at radius 1 is 0.865 bits per heavy atom. The van der Waals surface area contributed by atoms with E-state index in [9.17, 15) is 0 Å². The number of hydrogen-bond acceptors (Lipinski definition) is 4. The van der Waals surface area contributed by atoms with Gasteiger partial charge in [-0.1, -0.05) is 81.1 Å². The fourth-order valence-corrected chi connectivity index (χ4v) is 5.50. The van der Waals surface area contributed by atoms with Gasteiger partial charge >= 0.3 is 0 Å². The molecule has 0 saturated heterocycles. The molecule has 4 nitrogen and oxygen atoms in total. The van der Waals surface area contributed by atoms with Crippen molar-refractivity contribution in [3.05, 3.63) is 102 Å². The Bertz CT molecular complexity index is 1750. The fraction of sp³-hybridized carbons (Fsp3) is 0.182. The Balaban J connectivity index is 1.58. The van der Waals surface area contributed by atoms with E-state index in [1.807, 2.05) is 51.1 Å². The van der Waals surface area contributed by atoms with Crippen LogP contribution >= 0.6 is 0 Å². The van der Waals surface area contributed by atoms with Crippen molar-refractivity contribution in [2.24, 2.45) is 0 Å². The van der Waals surface area contributed by atoms with Crippen LogP contribution < -0.4 is 0 Å². The number of fused-ring (bicyclic) bond motifs is 4. The quantitative estimate of drug-likeness (QED) is 0.257. The number of aromatic nitrogens is 3. The lowest BCUT2D eigenvalue weighted by molar-refractivity contribution is 0.577. The molecular formula is C33H29N3O. The average molecular weight is 484 g/mol. The SMILES string of the molecule is C=Cc1c(C)oc2cccc(-c3nc(/C(C)=C/C)nc(-c4ccc5c(c4)C(C)(C)c4ccccc4-5)n3)c12. The molecule has 2 heterocycles. The molecule has 2 aromatic heterocycles. The van der Waals surface area contributed by atoms with Crippen LogP contribution in [0.3, 0.4) is 0 Å². The van der Waals surface area contributed by atoms with Crippen LogP contribution in [0.5, 0.6) is 0 Å². The van der Waals surface area contributed by atoms with E-state index in [1.54, 1.807) is 0 Å². The Kier molecular flexibility index (Phi) is 5.23. The fourth-order valence-electron chi connectivity index (χ4n) is 5.50. The van der Waals surface area contributed by atoms with Gasteiger partial charge in [0.1, 0.15) is 11.3 Å². The summed E-state index contributed by atoms with van der Waals surface area (Å²) in [6.45, 7) is 14.6. The molecule has 0 N–H and O–H groups in total. The minimum Gasteiger partial charge on any atom is -0.461 e. The zero-order valence-corrected chi connectivity index (χ0v) is 21.9. The van der Waals surface area contributed by atoms with Crippen molar-refractivity contribution < 1.29 is 4.42 Å². The van der Waals surface area contributed by atoms with Gasteiger partial charge in [-0.3, -0.25) is 0 Å². The highest BCUT2D eigenvalue weighted by molar-refractivity contribution is 5.99. The van der Waals surface area contributed by atoms with E-state index in [1.165, 1.54) is 22.3 Å². The van der Waals surface area contributed by atoms with Gasteiger partial charge in [0.2, 0.25) is 0 Å². The van der Waals surface area contributed by atoms with E-state index in [4.69, 9.17) is 19.4 Å². The summed E-state index contributed by atoms with van der Waals surface area (Å²) in [7, 11) is 0. The van der Waals surface area contributed by atoms with Gasteiger partial charge in [0.15, 0.2) is 17.5 Å². The monoisotopic (exact) mass is 483 g/mol. The van der Waals surface area contributed by atoms with Gasteiger partial charge in [0, 0.05) is 27.5 Å². The molecule has 0 bridgehead atoms. The van der Waals surface area contributed by atoms with Gasteiger partial charge in [-0.05, 0) is 60.7 Å². The van der Waals surface area contributed by atoms with Crippen LogP contribution in [-0.2, 0) is 5.41 Å². The van der Waals surface area contributed by atoms with Gasteiger partial charge in [-0.25, -0.2) is 15.0 Å². The highest BCUT2D eigenvalue weighted by atomic mass is 16.3. The van der Waals surface area contributed by atoms with Gasteiger partial charge < -0.3 is 4.42 Å². The van der Waals surface area contributed by atoms with Crippen LogP contribution in [0.15, 0.2) is 77.7 Å². The number of furan rings is 1. The first-order chi connectivity index (χ1) is 17.8. The van der Waals surface area contributed by atoms with Crippen molar-refractivity contribution in [1.29, 1.82) is 0 Å².